The maximum Gasteiger partial charge on any atom is 0.255 e. The first-order valence-electron chi connectivity index (χ1n) is 7.37. The molecule has 0 bridgehead atoms. The third-order valence-electron chi connectivity index (χ3n) is 3.63. The van der Waals surface area contributed by atoms with Crippen molar-refractivity contribution in [1.82, 2.24) is 9.97 Å². The van der Waals surface area contributed by atoms with Crippen molar-refractivity contribution < 1.29 is 14.3 Å². The number of carbonyl (C=O) groups is 1. The summed E-state index contributed by atoms with van der Waals surface area (Å²) in [5.74, 6) is 0.996. The minimum atomic E-state index is -0.230. The highest BCUT2D eigenvalue weighted by molar-refractivity contribution is 6.04. The molecule has 1 aliphatic heterocycles. The molecule has 0 atom stereocenters. The average molecular weight is 319 g/mol. The van der Waals surface area contributed by atoms with Crippen molar-refractivity contribution in [1.29, 1.82) is 0 Å². The van der Waals surface area contributed by atoms with Gasteiger partial charge in [-0.1, -0.05) is 0 Å². The Hall–Kier alpha value is -3.41. The lowest BCUT2D eigenvalue weighted by molar-refractivity contribution is 0.102. The maximum absolute atomic E-state index is 12.3. The number of hydrogen-bond acceptors (Lipinski definition) is 5. The van der Waals surface area contributed by atoms with Gasteiger partial charge >= 0.3 is 0 Å². The van der Waals surface area contributed by atoms with Crippen LogP contribution in [-0.2, 0) is 0 Å². The fourth-order valence-electron chi connectivity index (χ4n) is 2.40. The van der Waals surface area contributed by atoms with Crippen molar-refractivity contribution >= 4 is 11.6 Å². The largest absolute Gasteiger partial charge is 0.454 e. The number of carbonyl (C=O) groups excluding carboxylic acids is 1. The Morgan fingerprint density at radius 3 is 2.62 bits per heavy atom. The number of nitrogens with one attached hydrogen (secondary N) is 1. The van der Waals surface area contributed by atoms with Crippen LogP contribution < -0.4 is 14.8 Å². The third kappa shape index (κ3) is 2.77. The van der Waals surface area contributed by atoms with Gasteiger partial charge in [0.15, 0.2) is 11.5 Å². The molecule has 0 aliphatic carbocycles. The van der Waals surface area contributed by atoms with Crippen LogP contribution in [0.15, 0.2) is 61.1 Å². The zero-order chi connectivity index (χ0) is 16.4. The Morgan fingerprint density at radius 1 is 1.00 bits per heavy atom. The van der Waals surface area contributed by atoms with Gasteiger partial charge in [-0.05, 0) is 42.5 Å². The van der Waals surface area contributed by atoms with E-state index in [1.54, 1.807) is 36.8 Å². The van der Waals surface area contributed by atoms with Crippen molar-refractivity contribution in [2.24, 2.45) is 0 Å². The minimum absolute atomic E-state index is 0.181. The lowest BCUT2D eigenvalue weighted by Crippen LogP contribution is -2.11. The van der Waals surface area contributed by atoms with Crippen LogP contribution in [0, 0.1) is 0 Å². The molecular formula is C18H13N3O3. The molecule has 24 heavy (non-hydrogen) atoms. The molecule has 0 saturated carbocycles. The van der Waals surface area contributed by atoms with E-state index in [-0.39, 0.29) is 12.7 Å². The Bertz CT molecular complexity index is 880. The number of amides is 1. The predicted molar refractivity (Wildman–Crippen MR) is 88.0 cm³/mol. The molecule has 3 heterocycles. The summed E-state index contributed by atoms with van der Waals surface area (Å²) < 4.78 is 10.5. The Kier molecular flexibility index (Phi) is 3.55. The molecule has 0 radical (unpaired) electrons. The van der Waals surface area contributed by atoms with Gasteiger partial charge in [-0.15, -0.1) is 0 Å². The van der Waals surface area contributed by atoms with Crippen molar-refractivity contribution in [2.75, 3.05) is 12.1 Å². The van der Waals surface area contributed by atoms with Crippen LogP contribution >= 0.6 is 0 Å². The number of pyridine rings is 2. The molecular weight excluding hydrogens is 306 g/mol. The van der Waals surface area contributed by atoms with Gasteiger partial charge in [0, 0.05) is 23.5 Å². The molecule has 0 spiro atoms. The molecule has 3 aromatic rings. The van der Waals surface area contributed by atoms with Crippen LogP contribution in [0.2, 0.25) is 0 Å². The maximum atomic E-state index is 12.3. The molecule has 1 aromatic carbocycles. The van der Waals surface area contributed by atoms with Gasteiger partial charge in [0.05, 0.1) is 17.6 Å². The van der Waals surface area contributed by atoms with E-state index < -0.39 is 0 Å². The third-order valence-corrected chi connectivity index (χ3v) is 3.63. The zero-order valence-electron chi connectivity index (χ0n) is 12.6. The Balaban J connectivity index is 1.50. The lowest BCUT2D eigenvalue weighted by Gasteiger charge is -2.07. The molecule has 118 valence electrons. The number of hydrogen-bond donors (Lipinski definition) is 1. The first-order valence-corrected chi connectivity index (χ1v) is 7.37. The second-order valence-corrected chi connectivity index (χ2v) is 5.19. The summed E-state index contributed by atoms with van der Waals surface area (Å²) in [6.07, 6.45) is 5.05. The molecule has 0 saturated heterocycles. The highest BCUT2D eigenvalue weighted by Crippen LogP contribution is 2.32. The van der Waals surface area contributed by atoms with E-state index in [9.17, 15) is 4.79 Å². The summed E-state index contributed by atoms with van der Waals surface area (Å²) in [6, 6.07) is 12.5. The normalized spacial score (nSPS) is 12.0. The van der Waals surface area contributed by atoms with Crippen LogP contribution in [0.5, 0.6) is 11.5 Å². The number of benzene rings is 1. The second kappa shape index (κ2) is 6.00. The lowest BCUT2D eigenvalue weighted by atomic mass is 10.1. The molecule has 4 rings (SSSR count). The zero-order valence-corrected chi connectivity index (χ0v) is 12.6. The summed E-state index contributed by atoms with van der Waals surface area (Å²) in [6.45, 7) is 0.181. The number of rotatable bonds is 3. The van der Waals surface area contributed by atoms with E-state index in [0.29, 0.717) is 22.7 Å². The Morgan fingerprint density at radius 2 is 1.83 bits per heavy atom. The summed E-state index contributed by atoms with van der Waals surface area (Å²) in [5.41, 5.74) is 2.91. The van der Waals surface area contributed by atoms with Crippen LogP contribution in [0.1, 0.15) is 10.4 Å². The van der Waals surface area contributed by atoms with E-state index in [1.165, 1.54) is 0 Å². The summed E-state index contributed by atoms with van der Waals surface area (Å²) in [7, 11) is 0. The topological polar surface area (TPSA) is 73.3 Å². The van der Waals surface area contributed by atoms with Crippen molar-refractivity contribution in [3.8, 4) is 22.8 Å². The summed E-state index contributed by atoms with van der Waals surface area (Å²) in [5, 5.41) is 2.82. The monoisotopic (exact) mass is 319 g/mol. The fraction of sp³-hybridized carbons (Fsp3) is 0.0556. The Labute approximate surface area is 138 Å². The number of nitrogens with zero attached hydrogens (tertiary/aromatic N) is 2. The fourth-order valence-corrected chi connectivity index (χ4v) is 2.40. The molecule has 1 N–H and O–H groups in total. The van der Waals surface area contributed by atoms with E-state index in [1.807, 2.05) is 24.3 Å². The van der Waals surface area contributed by atoms with Crippen LogP contribution in [-0.4, -0.2) is 22.7 Å². The van der Waals surface area contributed by atoms with Crippen molar-refractivity contribution in [3.63, 3.8) is 0 Å². The minimum Gasteiger partial charge on any atom is -0.454 e. The molecule has 1 amide bonds. The standard InChI is InChI=1S/C18H13N3O3/c22-18(13-1-4-16-17(9-13)24-11-23-16)21-14-2-3-15(20-10-14)12-5-7-19-8-6-12/h1-10H,11H2,(H,21,22). The smallest absolute Gasteiger partial charge is 0.255 e. The highest BCUT2D eigenvalue weighted by Gasteiger charge is 2.16. The second-order valence-electron chi connectivity index (χ2n) is 5.19. The van der Waals surface area contributed by atoms with E-state index in [0.717, 1.165) is 11.3 Å². The van der Waals surface area contributed by atoms with Gasteiger partial charge in [0.25, 0.3) is 5.91 Å². The highest BCUT2D eigenvalue weighted by atomic mass is 16.7. The number of anilines is 1. The molecule has 6 nitrogen and oxygen atoms in total. The first kappa shape index (κ1) is 14.2. The molecule has 0 fully saturated rings. The average Bonchev–Trinajstić information content (AvgIpc) is 3.11. The number of fused-ring (bicyclic) bond motifs is 1. The van der Waals surface area contributed by atoms with E-state index in [2.05, 4.69) is 15.3 Å². The van der Waals surface area contributed by atoms with Crippen LogP contribution in [0.3, 0.4) is 0 Å². The van der Waals surface area contributed by atoms with Gasteiger partial charge in [0.1, 0.15) is 0 Å². The predicted octanol–water partition coefficient (Wildman–Crippen LogP) is 3.12. The van der Waals surface area contributed by atoms with Gasteiger partial charge in [-0.3, -0.25) is 14.8 Å². The molecule has 6 heteroatoms. The van der Waals surface area contributed by atoms with Gasteiger partial charge < -0.3 is 14.8 Å². The quantitative estimate of drug-likeness (QED) is 0.803. The number of aromatic nitrogens is 2. The molecule has 2 aromatic heterocycles. The van der Waals surface area contributed by atoms with E-state index in [4.69, 9.17) is 9.47 Å². The SMILES string of the molecule is O=C(Nc1ccc(-c2ccncc2)nc1)c1ccc2c(c1)OCO2. The van der Waals surface area contributed by atoms with Gasteiger partial charge in [-0.25, -0.2) is 0 Å². The van der Waals surface area contributed by atoms with Crippen LogP contribution in [0.4, 0.5) is 5.69 Å². The van der Waals surface area contributed by atoms with E-state index >= 15 is 0 Å². The van der Waals surface area contributed by atoms with Gasteiger partial charge in [-0.2, -0.15) is 0 Å². The number of ether oxygens (including phenoxy) is 2. The van der Waals surface area contributed by atoms with Crippen LogP contribution in [0.25, 0.3) is 11.3 Å². The summed E-state index contributed by atoms with van der Waals surface area (Å²) >= 11 is 0. The first-order chi connectivity index (χ1) is 11.8. The molecule has 1 aliphatic rings. The molecule has 0 unspecified atom stereocenters. The van der Waals surface area contributed by atoms with Crippen molar-refractivity contribution in [3.05, 3.63) is 66.6 Å². The summed E-state index contributed by atoms with van der Waals surface area (Å²) in [4.78, 5) is 20.7. The van der Waals surface area contributed by atoms with Crippen molar-refractivity contribution in [2.45, 2.75) is 0 Å². The van der Waals surface area contributed by atoms with Gasteiger partial charge in [0.2, 0.25) is 6.79 Å².